The topological polar surface area (TPSA) is 0 Å². The zero-order chi connectivity index (χ0) is 30.4. The summed E-state index contributed by atoms with van der Waals surface area (Å²) in [5, 5.41) is 5.62. The highest BCUT2D eigenvalue weighted by Gasteiger charge is 2.49. The summed E-state index contributed by atoms with van der Waals surface area (Å²) >= 11 is 0. The van der Waals surface area contributed by atoms with Gasteiger partial charge in [0.25, 0.3) is 0 Å². The van der Waals surface area contributed by atoms with Crippen molar-refractivity contribution in [1.29, 1.82) is 0 Å². The van der Waals surface area contributed by atoms with Crippen LogP contribution in [-0.4, -0.2) is 5.66 Å². The molecule has 0 N–H and O–H groups in total. The Hall–Kier alpha value is -3.04. The van der Waals surface area contributed by atoms with E-state index in [1.807, 2.05) is 0 Å². The van der Waals surface area contributed by atoms with Gasteiger partial charge in [0.2, 0.25) is 0 Å². The monoisotopic (exact) mass is 614 g/mol. The highest BCUT2D eigenvalue weighted by atomic mass is 31.1. The summed E-state index contributed by atoms with van der Waals surface area (Å²) in [6.07, 6.45) is 14.0. The van der Waals surface area contributed by atoms with Gasteiger partial charge < -0.3 is 0 Å². The van der Waals surface area contributed by atoms with E-state index in [0.29, 0.717) is 5.66 Å². The largest absolute Gasteiger partial charge is 0.0622 e. The Bertz CT molecular complexity index is 1510. The fourth-order valence-corrected chi connectivity index (χ4v) is 12.1. The fourth-order valence-electron chi connectivity index (χ4n) is 6.60. The van der Waals surface area contributed by atoms with E-state index in [0.717, 1.165) is 0 Å². The molecule has 0 saturated heterocycles. The number of benzene rings is 5. The highest BCUT2D eigenvalue weighted by Crippen LogP contribution is 2.64. The van der Waals surface area contributed by atoms with Crippen molar-refractivity contribution in [1.82, 2.24) is 0 Å². The van der Waals surface area contributed by atoms with E-state index in [2.05, 4.69) is 197 Å². The smallest absolute Gasteiger partial charge is 0.0193 e. The predicted octanol–water partition coefficient (Wildman–Crippen LogP) is 8.93. The molecule has 2 saturated carbocycles. The van der Waals surface area contributed by atoms with Gasteiger partial charge in [-0.15, -0.1) is 0 Å². The standard InChI is InChI=1S/C43H36P2/c1-33(44(35-21-9-3-10-22-35)36-23-11-4-12-24-36)39-29-17-30-40(39)41-31-18-32-42(41)43(34-19-7-2-8-20-34)45(37-25-13-5-14-26-37)38-27-15-6-16-28-38/h2-33,43H,1H3/t33-,43-/m0/s1. The van der Waals surface area contributed by atoms with Crippen molar-refractivity contribution in [2.75, 3.05) is 0 Å². The van der Waals surface area contributed by atoms with Crippen molar-refractivity contribution in [2.45, 2.75) is 18.2 Å². The van der Waals surface area contributed by atoms with Crippen LogP contribution in [0, 0.1) is 62.2 Å². The van der Waals surface area contributed by atoms with Gasteiger partial charge in [-0.2, -0.15) is 0 Å². The SMILES string of the molecule is C[C@@H]([C]1[CH][CH][CH][C]1[C]1[CH][CH][CH][C]1[C@H](c1ccccc1)P(c1ccccc1)c1ccccc1)P(c1ccccc1)c1ccccc1. The quantitative estimate of drug-likeness (QED) is 0.138. The van der Waals surface area contributed by atoms with Crippen LogP contribution < -0.4 is 21.2 Å². The molecule has 0 aliphatic heterocycles. The second kappa shape index (κ2) is 14.6. The molecule has 2 fully saturated rings. The Balaban J connectivity index is 1.27. The van der Waals surface area contributed by atoms with Crippen LogP contribution in [0.3, 0.4) is 0 Å². The average Bonchev–Trinajstić information content (AvgIpc) is 3.80. The molecule has 0 bridgehead atoms. The van der Waals surface area contributed by atoms with Gasteiger partial charge in [0.15, 0.2) is 0 Å². The normalized spacial score (nSPS) is 18.1. The Morgan fingerprint density at radius 1 is 0.378 bits per heavy atom. The lowest BCUT2D eigenvalue weighted by Gasteiger charge is -2.40. The maximum atomic E-state index is 2.43. The molecule has 7 rings (SSSR count). The van der Waals surface area contributed by atoms with E-state index in [-0.39, 0.29) is 5.66 Å². The minimum atomic E-state index is -0.739. The van der Waals surface area contributed by atoms with E-state index < -0.39 is 15.8 Å². The van der Waals surface area contributed by atoms with Crippen molar-refractivity contribution in [2.24, 2.45) is 0 Å². The molecule has 5 aromatic rings. The molecule has 2 aliphatic rings. The second-order valence-corrected chi connectivity index (χ2v) is 16.2. The molecule has 218 valence electrons. The predicted molar refractivity (Wildman–Crippen MR) is 196 cm³/mol. The third-order valence-electron chi connectivity index (χ3n) is 8.63. The van der Waals surface area contributed by atoms with Crippen LogP contribution in [0.1, 0.15) is 18.1 Å². The minimum absolute atomic E-state index is 0.207. The van der Waals surface area contributed by atoms with Gasteiger partial charge in [-0.3, -0.25) is 0 Å². The van der Waals surface area contributed by atoms with E-state index in [1.54, 1.807) is 0 Å². The molecule has 0 aromatic heterocycles. The summed E-state index contributed by atoms with van der Waals surface area (Å²) in [6.45, 7) is 2.43. The first-order valence-corrected chi connectivity index (χ1v) is 18.5. The van der Waals surface area contributed by atoms with Crippen LogP contribution in [0.25, 0.3) is 0 Å². The van der Waals surface area contributed by atoms with E-state index in [9.17, 15) is 0 Å². The van der Waals surface area contributed by atoms with Crippen molar-refractivity contribution >= 4 is 37.1 Å². The van der Waals surface area contributed by atoms with Crippen molar-refractivity contribution in [3.63, 3.8) is 0 Å². The van der Waals surface area contributed by atoms with Crippen LogP contribution in [0.5, 0.6) is 0 Å². The van der Waals surface area contributed by atoms with Gasteiger partial charge in [-0.1, -0.05) is 159 Å². The molecule has 0 spiro atoms. The molecule has 5 aromatic carbocycles. The summed E-state index contributed by atoms with van der Waals surface area (Å²) < 4.78 is 0. The number of hydrogen-bond acceptors (Lipinski definition) is 0. The first-order valence-electron chi connectivity index (χ1n) is 15.6. The number of rotatable bonds is 10. The zero-order valence-electron chi connectivity index (χ0n) is 25.4. The molecule has 2 atom stereocenters. The van der Waals surface area contributed by atoms with Crippen LogP contribution in [0.2, 0.25) is 0 Å². The maximum absolute atomic E-state index is 2.43. The van der Waals surface area contributed by atoms with Crippen LogP contribution in [0.4, 0.5) is 0 Å². The summed E-state index contributed by atoms with van der Waals surface area (Å²) in [4.78, 5) is 0. The minimum Gasteiger partial charge on any atom is -0.0622 e. The fraction of sp³-hybridized carbons (Fsp3) is 0.0698. The lowest BCUT2D eigenvalue weighted by Crippen LogP contribution is -2.31. The summed E-state index contributed by atoms with van der Waals surface area (Å²) in [5.74, 6) is 5.55. The van der Waals surface area contributed by atoms with Crippen molar-refractivity contribution in [3.05, 3.63) is 219 Å². The highest BCUT2D eigenvalue weighted by molar-refractivity contribution is 7.74. The molecular formula is C43H36P2. The molecule has 0 unspecified atom stereocenters. The third-order valence-corrected chi connectivity index (χ3v) is 14.2. The van der Waals surface area contributed by atoms with Gasteiger partial charge in [-0.05, 0) is 110 Å². The Labute approximate surface area is 273 Å². The molecule has 0 amide bonds. The molecule has 2 aliphatic carbocycles. The third kappa shape index (κ3) is 6.61. The Morgan fingerprint density at radius 3 is 1.18 bits per heavy atom. The first-order chi connectivity index (χ1) is 22.3. The summed E-state index contributed by atoms with van der Waals surface area (Å²) in [5.41, 5.74) is 1.91. The van der Waals surface area contributed by atoms with Gasteiger partial charge in [0.05, 0.1) is 0 Å². The molecule has 2 heteroatoms. The van der Waals surface area contributed by atoms with E-state index >= 15 is 0 Å². The zero-order valence-corrected chi connectivity index (χ0v) is 27.2. The number of hydrogen-bond donors (Lipinski definition) is 0. The van der Waals surface area contributed by atoms with Crippen LogP contribution in [0.15, 0.2) is 152 Å². The Kier molecular flexibility index (Phi) is 9.92. The average molecular weight is 615 g/mol. The van der Waals surface area contributed by atoms with Crippen molar-refractivity contribution in [3.8, 4) is 0 Å². The van der Waals surface area contributed by atoms with Gasteiger partial charge in [0, 0.05) is 5.66 Å². The lowest BCUT2D eigenvalue weighted by molar-refractivity contribution is 0.855. The van der Waals surface area contributed by atoms with Gasteiger partial charge in [0.1, 0.15) is 0 Å². The lowest BCUT2D eigenvalue weighted by atomic mass is 9.75. The molecule has 0 heterocycles. The maximum Gasteiger partial charge on any atom is 0.0193 e. The van der Waals surface area contributed by atoms with Crippen LogP contribution >= 0.6 is 15.8 Å². The molecular weight excluding hydrogens is 578 g/mol. The van der Waals surface area contributed by atoms with Crippen LogP contribution in [-0.2, 0) is 0 Å². The van der Waals surface area contributed by atoms with Gasteiger partial charge in [-0.25, -0.2) is 0 Å². The summed E-state index contributed by atoms with van der Waals surface area (Å²) in [7, 11) is -1.34. The molecule has 10 radical (unpaired) electrons. The van der Waals surface area contributed by atoms with Gasteiger partial charge >= 0.3 is 0 Å². The second-order valence-electron chi connectivity index (χ2n) is 11.4. The first kappa shape index (κ1) is 30.6. The molecule has 45 heavy (non-hydrogen) atoms. The van der Waals surface area contributed by atoms with E-state index in [4.69, 9.17) is 0 Å². The molecule has 0 nitrogen and oxygen atoms in total. The van der Waals surface area contributed by atoms with Crippen molar-refractivity contribution < 1.29 is 0 Å². The Morgan fingerprint density at radius 2 is 0.733 bits per heavy atom. The summed E-state index contributed by atoms with van der Waals surface area (Å²) in [6, 6.07) is 55.7. The van der Waals surface area contributed by atoms with E-state index in [1.165, 1.54) is 50.5 Å².